The van der Waals surface area contributed by atoms with Crippen LogP contribution in [-0.4, -0.2) is 49.7 Å². The highest BCUT2D eigenvalue weighted by Crippen LogP contribution is 2.44. The maximum Gasteiger partial charge on any atom is 0.416 e. The van der Waals surface area contributed by atoms with Crippen molar-refractivity contribution in [2.45, 2.75) is 31.6 Å². The van der Waals surface area contributed by atoms with Gasteiger partial charge in [0.2, 0.25) is 0 Å². The molecule has 1 aliphatic heterocycles. The summed E-state index contributed by atoms with van der Waals surface area (Å²) in [5.74, 6) is -2.47. The Morgan fingerprint density at radius 2 is 1.72 bits per heavy atom. The summed E-state index contributed by atoms with van der Waals surface area (Å²) in [6.07, 6.45) is -7.17. The van der Waals surface area contributed by atoms with Crippen molar-refractivity contribution < 1.29 is 41.3 Å². The third-order valence-electron chi connectivity index (χ3n) is 8.39. The van der Waals surface area contributed by atoms with Gasteiger partial charge in [-0.2, -0.15) is 13.2 Å². The van der Waals surface area contributed by atoms with Crippen molar-refractivity contribution in [1.29, 1.82) is 0 Å². The molecular weight excluding hydrogens is 625 g/mol. The lowest BCUT2D eigenvalue weighted by molar-refractivity contribution is -0.138. The lowest BCUT2D eigenvalue weighted by Gasteiger charge is -2.28. The smallest absolute Gasteiger partial charge is 0.416 e. The Hall–Kier alpha value is -4.75. The number of aromatic nitrogens is 1. The molecule has 2 unspecified atom stereocenters. The number of ether oxygens (including phenoxy) is 2. The summed E-state index contributed by atoms with van der Waals surface area (Å²) in [6, 6.07) is 13.9. The van der Waals surface area contributed by atoms with Crippen molar-refractivity contribution in [3.63, 3.8) is 0 Å². The van der Waals surface area contributed by atoms with Gasteiger partial charge in [0.25, 0.3) is 5.56 Å². The van der Waals surface area contributed by atoms with Gasteiger partial charge in [0.15, 0.2) is 11.6 Å². The molecule has 1 aromatic heterocycles. The molecule has 47 heavy (non-hydrogen) atoms. The zero-order chi connectivity index (χ0) is 34.0. The highest BCUT2D eigenvalue weighted by molar-refractivity contribution is 5.89. The van der Waals surface area contributed by atoms with Crippen molar-refractivity contribution in [3.8, 4) is 16.9 Å². The molecule has 0 aliphatic carbocycles. The first kappa shape index (κ1) is 33.6. The number of fused-ring (bicyclic) bond motifs is 1. The van der Waals surface area contributed by atoms with Crippen LogP contribution in [0.3, 0.4) is 0 Å². The average molecular weight is 658 g/mol. The molecule has 248 valence electrons. The SMILES string of the molecule is COCCNC(c1ccccc1)C1CN(C(=O)O)c2c(Cc3c(F)cccc3C(F)(F)F)c(C)c(-c3cccc(OC)c3F)c(=O)n21. The van der Waals surface area contributed by atoms with Crippen LogP contribution >= 0.6 is 0 Å². The lowest BCUT2D eigenvalue weighted by Crippen LogP contribution is -2.37. The molecule has 2 heterocycles. The summed E-state index contributed by atoms with van der Waals surface area (Å²) in [7, 11) is 2.74. The zero-order valence-electron chi connectivity index (χ0n) is 25.7. The monoisotopic (exact) mass is 657 g/mol. The molecule has 2 N–H and O–H groups in total. The van der Waals surface area contributed by atoms with Crippen LogP contribution in [0.4, 0.5) is 32.6 Å². The van der Waals surface area contributed by atoms with E-state index in [-0.39, 0.29) is 47.0 Å². The van der Waals surface area contributed by atoms with E-state index < -0.39 is 59.1 Å². The summed E-state index contributed by atoms with van der Waals surface area (Å²) in [4.78, 5) is 28.3. The predicted octanol–water partition coefficient (Wildman–Crippen LogP) is 6.74. The molecule has 0 spiro atoms. The molecule has 0 saturated carbocycles. The number of benzene rings is 3. The van der Waals surface area contributed by atoms with E-state index in [0.29, 0.717) is 12.1 Å². The van der Waals surface area contributed by atoms with Crippen molar-refractivity contribution in [3.05, 3.63) is 117 Å². The molecule has 1 amide bonds. The fourth-order valence-electron chi connectivity index (χ4n) is 6.24. The van der Waals surface area contributed by atoms with Crippen LogP contribution in [-0.2, 0) is 17.3 Å². The molecule has 0 saturated heterocycles. The molecule has 5 rings (SSSR count). The van der Waals surface area contributed by atoms with Crippen LogP contribution in [0.15, 0.2) is 71.5 Å². The first-order valence-electron chi connectivity index (χ1n) is 14.6. The first-order valence-corrected chi connectivity index (χ1v) is 14.6. The van der Waals surface area contributed by atoms with Gasteiger partial charge in [0.05, 0.1) is 43.5 Å². The molecule has 1 aliphatic rings. The molecule has 3 aromatic carbocycles. The van der Waals surface area contributed by atoms with Gasteiger partial charge in [-0.3, -0.25) is 14.3 Å². The lowest BCUT2D eigenvalue weighted by atomic mass is 9.91. The van der Waals surface area contributed by atoms with Crippen molar-refractivity contribution >= 4 is 11.9 Å². The van der Waals surface area contributed by atoms with Crippen LogP contribution in [0.2, 0.25) is 0 Å². The Balaban J connectivity index is 1.87. The number of halogens is 5. The molecular formula is C34H32F5N3O5. The summed E-state index contributed by atoms with van der Waals surface area (Å²) >= 11 is 0. The second-order valence-corrected chi connectivity index (χ2v) is 11.0. The normalized spacial score (nSPS) is 15.1. The van der Waals surface area contributed by atoms with Gasteiger partial charge >= 0.3 is 12.3 Å². The van der Waals surface area contributed by atoms with E-state index in [1.165, 1.54) is 43.9 Å². The van der Waals surface area contributed by atoms with Crippen LogP contribution in [0.1, 0.15) is 39.9 Å². The Bertz CT molecular complexity index is 1850. The molecule has 0 radical (unpaired) electrons. The van der Waals surface area contributed by atoms with Gasteiger partial charge in [0.1, 0.15) is 11.6 Å². The molecule has 4 aromatic rings. The number of rotatable bonds is 10. The number of carbonyl (C=O) groups is 1. The number of methoxy groups -OCH3 is 2. The molecule has 8 nitrogen and oxygen atoms in total. The Labute approximate surface area is 267 Å². The van der Waals surface area contributed by atoms with Crippen LogP contribution in [0.25, 0.3) is 11.1 Å². The largest absolute Gasteiger partial charge is 0.494 e. The molecule has 0 fully saturated rings. The minimum atomic E-state index is -4.94. The average Bonchev–Trinajstić information content (AvgIpc) is 3.43. The van der Waals surface area contributed by atoms with Gasteiger partial charge in [-0.1, -0.05) is 48.5 Å². The molecule has 2 atom stereocenters. The van der Waals surface area contributed by atoms with E-state index in [1.54, 1.807) is 30.3 Å². The maximum atomic E-state index is 15.8. The first-order chi connectivity index (χ1) is 22.4. The topological polar surface area (TPSA) is 93.0 Å². The van der Waals surface area contributed by atoms with E-state index >= 15 is 8.78 Å². The van der Waals surface area contributed by atoms with E-state index in [1.807, 2.05) is 0 Å². The number of anilines is 1. The number of hydrogen-bond donors (Lipinski definition) is 2. The number of hydrogen-bond acceptors (Lipinski definition) is 5. The van der Waals surface area contributed by atoms with E-state index in [0.717, 1.165) is 23.1 Å². The highest BCUT2D eigenvalue weighted by atomic mass is 19.4. The second kappa shape index (κ2) is 13.5. The quantitative estimate of drug-likeness (QED) is 0.145. The fourth-order valence-corrected chi connectivity index (χ4v) is 6.24. The van der Waals surface area contributed by atoms with E-state index in [2.05, 4.69) is 5.32 Å². The molecule has 0 bridgehead atoms. The number of carboxylic acid groups (broad SMARTS) is 1. The van der Waals surface area contributed by atoms with Crippen LogP contribution < -0.4 is 20.5 Å². The number of pyridine rings is 1. The summed E-state index contributed by atoms with van der Waals surface area (Å²) < 4.78 is 85.1. The van der Waals surface area contributed by atoms with Gasteiger partial charge in [-0.05, 0) is 36.2 Å². The minimum Gasteiger partial charge on any atom is -0.494 e. The second-order valence-electron chi connectivity index (χ2n) is 11.0. The van der Waals surface area contributed by atoms with Gasteiger partial charge in [-0.25, -0.2) is 13.6 Å². The summed E-state index contributed by atoms with van der Waals surface area (Å²) in [5, 5.41) is 13.7. The third kappa shape index (κ3) is 6.32. The van der Waals surface area contributed by atoms with E-state index in [4.69, 9.17) is 9.47 Å². The van der Waals surface area contributed by atoms with Crippen molar-refractivity contribution in [2.24, 2.45) is 0 Å². The Morgan fingerprint density at radius 1 is 1.02 bits per heavy atom. The Kier molecular flexibility index (Phi) is 9.68. The zero-order valence-corrected chi connectivity index (χ0v) is 25.7. The van der Waals surface area contributed by atoms with Crippen molar-refractivity contribution in [2.75, 3.05) is 38.8 Å². The number of amides is 1. The Morgan fingerprint density at radius 3 is 2.36 bits per heavy atom. The number of nitrogens with zero attached hydrogens (tertiary/aromatic N) is 2. The number of alkyl halides is 3. The minimum absolute atomic E-state index is 0.000263. The van der Waals surface area contributed by atoms with Crippen LogP contribution in [0, 0.1) is 18.6 Å². The highest BCUT2D eigenvalue weighted by Gasteiger charge is 2.43. The number of nitrogens with one attached hydrogen (secondary N) is 1. The van der Waals surface area contributed by atoms with E-state index in [9.17, 15) is 27.9 Å². The standard InChI is InChI=1S/C34H32F5N3O5/c1-19-22(17-23-24(34(37,38)39)12-8-13-25(23)35)31-41(33(44)45)18-26(30(40-15-16-46-2)20-9-5-4-6-10-20)42(31)32(43)28(19)21-11-7-14-27(47-3)29(21)36/h4-14,26,30,40H,15-18H2,1-3H3,(H,44,45). The maximum absolute atomic E-state index is 15.8. The fraction of sp³-hybridized carbons (Fsp3) is 0.294. The van der Waals surface area contributed by atoms with Gasteiger partial charge < -0.3 is 19.9 Å². The summed E-state index contributed by atoms with van der Waals surface area (Å²) in [6.45, 7) is 1.67. The molecule has 13 heteroatoms. The summed E-state index contributed by atoms with van der Waals surface area (Å²) in [5.41, 5.74) is -2.59. The predicted molar refractivity (Wildman–Crippen MR) is 165 cm³/mol. The van der Waals surface area contributed by atoms with Crippen molar-refractivity contribution in [1.82, 2.24) is 9.88 Å². The van der Waals surface area contributed by atoms with Crippen LogP contribution in [0.5, 0.6) is 5.75 Å². The van der Waals surface area contributed by atoms with Gasteiger partial charge in [-0.15, -0.1) is 0 Å². The third-order valence-corrected chi connectivity index (χ3v) is 8.39. The van der Waals surface area contributed by atoms with Gasteiger partial charge in [0, 0.05) is 36.8 Å².